The molecule has 0 fully saturated rings. The molecule has 2 aromatic rings. The number of nitrogens with zero attached hydrogens (tertiary/aromatic N) is 1. The van der Waals surface area contributed by atoms with Crippen LogP contribution in [0.4, 0.5) is 5.69 Å². The number of sulfonamides is 2. The van der Waals surface area contributed by atoms with Gasteiger partial charge in [0.15, 0.2) is 5.78 Å². The van der Waals surface area contributed by atoms with Gasteiger partial charge in [-0.15, -0.1) is 0 Å². The second kappa shape index (κ2) is 9.39. The van der Waals surface area contributed by atoms with Gasteiger partial charge in [-0.3, -0.25) is 14.3 Å². The third-order valence-corrected chi connectivity index (χ3v) is 7.79. The Morgan fingerprint density at radius 3 is 1.94 bits per heavy atom. The van der Waals surface area contributed by atoms with Crippen LogP contribution in [-0.2, 0) is 24.8 Å². The molecule has 0 atom stereocenters. The summed E-state index contributed by atoms with van der Waals surface area (Å²) in [7, 11) is -5.07. The molecule has 0 saturated carbocycles. The Balaban J connectivity index is 2.26. The number of anilines is 1. The molecule has 0 spiro atoms. The predicted octanol–water partition coefficient (Wildman–Crippen LogP) is 2.08. The summed E-state index contributed by atoms with van der Waals surface area (Å²) in [6.07, 6.45) is 0. The standard InChI is InChI=1S/C21H27N3O6S2/c1-21(2,3)19(25)14-22-20(26)17-8-6-7-9-18(17)23-31(27,28)15-10-12-16(13-11-15)32(29,30)24(4)5/h6-13,23H,14H2,1-5H3,(H,22,26). The zero-order chi connectivity index (χ0) is 24.3. The molecule has 0 aliphatic rings. The molecule has 0 saturated heterocycles. The summed E-state index contributed by atoms with van der Waals surface area (Å²) in [4.78, 5) is 24.4. The van der Waals surface area contributed by atoms with E-state index in [4.69, 9.17) is 0 Å². The van der Waals surface area contributed by atoms with Crippen molar-refractivity contribution in [3.8, 4) is 0 Å². The van der Waals surface area contributed by atoms with Crippen LogP contribution in [0.25, 0.3) is 0 Å². The SMILES string of the molecule is CN(C)S(=O)(=O)c1ccc(S(=O)(=O)Nc2ccccc2C(=O)NCC(=O)C(C)(C)C)cc1. The van der Waals surface area contributed by atoms with Crippen molar-refractivity contribution in [2.45, 2.75) is 30.6 Å². The third kappa shape index (κ3) is 5.93. The Hall–Kier alpha value is -2.76. The lowest BCUT2D eigenvalue weighted by molar-refractivity contribution is -0.125. The minimum absolute atomic E-state index is 0.0261. The van der Waals surface area contributed by atoms with Gasteiger partial charge in [-0.25, -0.2) is 21.1 Å². The van der Waals surface area contributed by atoms with E-state index in [1.54, 1.807) is 32.9 Å². The first-order chi connectivity index (χ1) is 14.7. The zero-order valence-corrected chi connectivity index (χ0v) is 20.2. The predicted molar refractivity (Wildman–Crippen MR) is 121 cm³/mol. The quantitative estimate of drug-likeness (QED) is 0.594. The molecule has 0 radical (unpaired) electrons. The summed E-state index contributed by atoms with van der Waals surface area (Å²) < 4.78 is 53.3. The Kier molecular flexibility index (Phi) is 7.48. The molecule has 32 heavy (non-hydrogen) atoms. The second-order valence-corrected chi connectivity index (χ2v) is 12.1. The number of rotatable bonds is 8. The van der Waals surface area contributed by atoms with Crippen LogP contribution in [0.3, 0.4) is 0 Å². The number of benzene rings is 2. The summed E-state index contributed by atoms with van der Waals surface area (Å²) in [5, 5.41) is 2.51. The van der Waals surface area contributed by atoms with Gasteiger partial charge in [0.2, 0.25) is 10.0 Å². The maximum atomic E-state index is 12.8. The first-order valence-electron chi connectivity index (χ1n) is 9.62. The average molecular weight is 482 g/mol. The molecule has 2 N–H and O–H groups in total. The minimum Gasteiger partial charge on any atom is -0.345 e. The number of carbonyl (C=O) groups is 2. The normalized spacial score (nSPS) is 12.4. The summed E-state index contributed by atoms with van der Waals surface area (Å²) >= 11 is 0. The van der Waals surface area contributed by atoms with Crippen molar-refractivity contribution in [1.82, 2.24) is 9.62 Å². The van der Waals surface area contributed by atoms with E-state index in [0.717, 1.165) is 4.31 Å². The Labute approximate surface area is 188 Å². The molecule has 0 unspecified atom stereocenters. The summed E-state index contributed by atoms with van der Waals surface area (Å²) in [6.45, 7) is 5.01. The van der Waals surface area contributed by atoms with Gasteiger partial charge in [-0.05, 0) is 36.4 Å². The van der Waals surface area contributed by atoms with Crippen LogP contribution in [-0.4, -0.2) is 53.5 Å². The van der Waals surface area contributed by atoms with Gasteiger partial charge in [0.05, 0.1) is 27.6 Å². The number of carbonyl (C=O) groups excluding carboxylic acids is 2. The molecule has 174 valence electrons. The number of hydrogen-bond donors (Lipinski definition) is 2. The number of amides is 1. The highest BCUT2D eigenvalue weighted by atomic mass is 32.2. The van der Waals surface area contributed by atoms with E-state index in [-0.39, 0.29) is 33.4 Å². The van der Waals surface area contributed by atoms with Crippen LogP contribution in [0.1, 0.15) is 31.1 Å². The Bertz CT molecular complexity index is 1210. The average Bonchev–Trinajstić information content (AvgIpc) is 2.71. The molecule has 11 heteroatoms. The van der Waals surface area contributed by atoms with E-state index in [1.165, 1.54) is 50.5 Å². The van der Waals surface area contributed by atoms with Gasteiger partial charge < -0.3 is 5.32 Å². The number of para-hydroxylation sites is 1. The molecule has 0 aliphatic carbocycles. The summed E-state index contributed by atoms with van der Waals surface area (Å²) in [6, 6.07) is 10.7. The van der Waals surface area contributed by atoms with Crippen LogP contribution < -0.4 is 10.0 Å². The fourth-order valence-corrected chi connectivity index (χ4v) is 4.48. The molecule has 0 aromatic heterocycles. The highest BCUT2D eigenvalue weighted by Gasteiger charge is 2.24. The molecule has 2 rings (SSSR count). The molecule has 9 nitrogen and oxygen atoms in total. The van der Waals surface area contributed by atoms with Gasteiger partial charge in [-0.2, -0.15) is 0 Å². The van der Waals surface area contributed by atoms with Gasteiger partial charge in [0, 0.05) is 19.5 Å². The van der Waals surface area contributed by atoms with Crippen molar-refractivity contribution < 1.29 is 26.4 Å². The molecule has 0 aliphatic heterocycles. The molecule has 1 amide bonds. The number of ketones is 1. The topological polar surface area (TPSA) is 130 Å². The molecule has 0 heterocycles. The molecule has 0 bridgehead atoms. The van der Waals surface area contributed by atoms with Crippen LogP contribution in [0, 0.1) is 5.41 Å². The van der Waals surface area contributed by atoms with Crippen molar-refractivity contribution in [1.29, 1.82) is 0 Å². The van der Waals surface area contributed by atoms with Gasteiger partial charge in [0.1, 0.15) is 0 Å². The molecular weight excluding hydrogens is 454 g/mol. The lowest BCUT2D eigenvalue weighted by Crippen LogP contribution is -2.35. The fraction of sp³-hybridized carbons (Fsp3) is 0.333. The zero-order valence-electron chi connectivity index (χ0n) is 18.5. The van der Waals surface area contributed by atoms with Crippen molar-refractivity contribution in [3.05, 3.63) is 54.1 Å². The van der Waals surface area contributed by atoms with Gasteiger partial charge >= 0.3 is 0 Å². The highest BCUT2D eigenvalue weighted by Crippen LogP contribution is 2.22. The monoisotopic (exact) mass is 481 g/mol. The first kappa shape index (κ1) is 25.5. The number of nitrogens with one attached hydrogen (secondary N) is 2. The summed E-state index contributed by atoms with van der Waals surface area (Å²) in [5.41, 5.74) is -0.552. The third-order valence-electron chi connectivity index (χ3n) is 4.57. The van der Waals surface area contributed by atoms with E-state index in [2.05, 4.69) is 10.0 Å². The van der Waals surface area contributed by atoms with Crippen molar-refractivity contribution in [3.63, 3.8) is 0 Å². The minimum atomic E-state index is -4.11. The molecular formula is C21H27N3O6S2. The number of Topliss-reactive ketones (excluding diaryl/α,β-unsaturated/α-hetero) is 1. The van der Waals surface area contributed by atoms with Gasteiger partial charge in [0.25, 0.3) is 15.9 Å². The lowest BCUT2D eigenvalue weighted by atomic mass is 9.91. The van der Waals surface area contributed by atoms with Crippen LogP contribution in [0.2, 0.25) is 0 Å². The molecule has 2 aromatic carbocycles. The number of hydrogen-bond acceptors (Lipinski definition) is 6. The van der Waals surface area contributed by atoms with Crippen LogP contribution in [0.15, 0.2) is 58.3 Å². The van der Waals surface area contributed by atoms with E-state index >= 15 is 0 Å². The summed E-state index contributed by atoms with van der Waals surface area (Å²) in [5.74, 6) is -0.773. The van der Waals surface area contributed by atoms with E-state index in [1.807, 2.05) is 0 Å². The Morgan fingerprint density at radius 1 is 0.875 bits per heavy atom. The van der Waals surface area contributed by atoms with Crippen LogP contribution >= 0.6 is 0 Å². The second-order valence-electron chi connectivity index (χ2n) is 8.27. The van der Waals surface area contributed by atoms with Crippen LogP contribution in [0.5, 0.6) is 0 Å². The highest BCUT2D eigenvalue weighted by molar-refractivity contribution is 7.92. The van der Waals surface area contributed by atoms with Crippen molar-refractivity contribution in [2.75, 3.05) is 25.4 Å². The van der Waals surface area contributed by atoms with Crippen molar-refractivity contribution >= 4 is 37.4 Å². The lowest BCUT2D eigenvalue weighted by Gasteiger charge is -2.17. The van der Waals surface area contributed by atoms with E-state index < -0.39 is 31.4 Å². The Morgan fingerprint density at radius 2 is 1.41 bits per heavy atom. The smallest absolute Gasteiger partial charge is 0.261 e. The maximum absolute atomic E-state index is 12.8. The first-order valence-corrected chi connectivity index (χ1v) is 12.5. The van der Waals surface area contributed by atoms with E-state index in [0.29, 0.717) is 0 Å². The van der Waals surface area contributed by atoms with Crippen molar-refractivity contribution in [2.24, 2.45) is 5.41 Å². The van der Waals surface area contributed by atoms with Gasteiger partial charge in [-0.1, -0.05) is 32.9 Å². The largest absolute Gasteiger partial charge is 0.345 e. The fourth-order valence-electron chi connectivity index (χ4n) is 2.50. The van der Waals surface area contributed by atoms with E-state index in [9.17, 15) is 26.4 Å². The maximum Gasteiger partial charge on any atom is 0.261 e.